The van der Waals surface area contributed by atoms with Crippen LogP contribution >= 0.6 is 11.3 Å². The molecule has 0 radical (unpaired) electrons. The van der Waals surface area contributed by atoms with Crippen molar-refractivity contribution < 1.29 is 23.2 Å². The van der Waals surface area contributed by atoms with Crippen LogP contribution in [0.15, 0.2) is 47.0 Å². The summed E-state index contributed by atoms with van der Waals surface area (Å²) < 4.78 is 30.4. The topological polar surface area (TPSA) is 74.5 Å². The maximum absolute atomic E-state index is 14.0. The number of hydrogen-bond donors (Lipinski definition) is 0. The lowest BCUT2D eigenvalue weighted by Gasteiger charge is -2.03. The molecule has 0 amide bonds. The second-order valence-electron chi connectivity index (χ2n) is 5.96. The van der Waals surface area contributed by atoms with E-state index in [1.54, 1.807) is 38.3 Å². The number of ether oxygens (including phenoxy) is 2. The Morgan fingerprint density at radius 1 is 1.21 bits per heavy atom. The number of fused-ring (bicyclic) bond motifs is 1. The van der Waals surface area contributed by atoms with Gasteiger partial charge in [0.05, 0.1) is 12.7 Å². The molecule has 0 aliphatic carbocycles. The second kappa shape index (κ2) is 7.40. The zero-order chi connectivity index (χ0) is 19.7. The Bertz CT molecular complexity index is 1170. The molecule has 6 nitrogen and oxygen atoms in total. The molecular weight excluding hydrogens is 383 g/mol. The summed E-state index contributed by atoms with van der Waals surface area (Å²) in [5.74, 6) is 0.177. The quantitative estimate of drug-likeness (QED) is 0.451. The Hall–Kier alpha value is -3.26. The summed E-state index contributed by atoms with van der Waals surface area (Å²) in [6.07, 6.45) is 0. The third kappa shape index (κ3) is 3.22. The van der Waals surface area contributed by atoms with Gasteiger partial charge in [0.25, 0.3) is 5.89 Å². The van der Waals surface area contributed by atoms with Gasteiger partial charge < -0.3 is 14.0 Å². The Morgan fingerprint density at radius 2 is 2.04 bits per heavy atom. The number of hydrogen-bond acceptors (Lipinski definition) is 7. The molecule has 8 heteroatoms. The van der Waals surface area contributed by atoms with Crippen LogP contribution in [0.4, 0.5) is 4.39 Å². The van der Waals surface area contributed by atoms with Gasteiger partial charge in [0.1, 0.15) is 16.4 Å². The van der Waals surface area contributed by atoms with E-state index in [-0.39, 0.29) is 18.3 Å². The molecule has 0 fully saturated rings. The Balaban J connectivity index is 1.51. The molecule has 0 N–H and O–H groups in total. The number of para-hydroxylation sites is 1. The van der Waals surface area contributed by atoms with Gasteiger partial charge >= 0.3 is 5.97 Å². The van der Waals surface area contributed by atoms with Crippen molar-refractivity contribution in [2.75, 3.05) is 7.11 Å². The largest absolute Gasteiger partial charge is 0.496 e. The number of esters is 1. The molecule has 0 aliphatic heterocycles. The van der Waals surface area contributed by atoms with Crippen LogP contribution < -0.4 is 4.74 Å². The van der Waals surface area contributed by atoms with Gasteiger partial charge in [0.2, 0.25) is 5.82 Å². The maximum atomic E-state index is 14.0. The smallest absolute Gasteiger partial charge is 0.349 e. The molecule has 0 unspecified atom stereocenters. The third-order valence-corrected chi connectivity index (χ3v) is 5.47. The summed E-state index contributed by atoms with van der Waals surface area (Å²) in [6, 6.07) is 12.0. The van der Waals surface area contributed by atoms with E-state index in [0.717, 1.165) is 0 Å². The zero-order valence-corrected chi connectivity index (χ0v) is 15.9. The summed E-state index contributed by atoms with van der Waals surface area (Å²) in [5.41, 5.74) is 1.23. The first-order valence-electron chi connectivity index (χ1n) is 8.39. The van der Waals surface area contributed by atoms with Crippen molar-refractivity contribution in [2.24, 2.45) is 0 Å². The van der Waals surface area contributed by atoms with Crippen LogP contribution in [0.2, 0.25) is 0 Å². The third-order valence-electron chi connectivity index (χ3n) is 4.23. The van der Waals surface area contributed by atoms with Gasteiger partial charge in [0, 0.05) is 10.1 Å². The van der Waals surface area contributed by atoms with Gasteiger partial charge in [-0.25, -0.2) is 9.18 Å². The van der Waals surface area contributed by atoms with Crippen molar-refractivity contribution in [1.82, 2.24) is 10.1 Å². The molecule has 4 aromatic rings. The van der Waals surface area contributed by atoms with Crippen LogP contribution in [0.5, 0.6) is 5.75 Å². The predicted molar refractivity (Wildman–Crippen MR) is 102 cm³/mol. The van der Waals surface area contributed by atoms with Crippen LogP contribution in [0.3, 0.4) is 0 Å². The highest BCUT2D eigenvalue weighted by Gasteiger charge is 2.20. The van der Waals surface area contributed by atoms with Gasteiger partial charge in [-0.1, -0.05) is 23.4 Å². The molecule has 0 bridgehead atoms. The Kier molecular flexibility index (Phi) is 4.79. The SMILES string of the molecule is COc1ccccc1-c1noc(COC(=O)c2sc3cccc(F)c3c2C)n1. The van der Waals surface area contributed by atoms with E-state index in [4.69, 9.17) is 14.0 Å². The maximum Gasteiger partial charge on any atom is 0.349 e. The van der Waals surface area contributed by atoms with E-state index >= 15 is 0 Å². The molecule has 0 saturated heterocycles. The first-order chi connectivity index (χ1) is 13.6. The van der Waals surface area contributed by atoms with Crippen LogP contribution in [-0.2, 0) is 11.3 Å². The minimum absolute atomic E-state index is 0.152. The van der Waals surface area contributed by atoms with E-state index in [1.807, 2.05) is 12.1 Å². The zero-order valence-electron chi connectivity index (χ0n) is 15.1. The lowest BCUT2D eigenvalue weighted by Crippen LogP contribution is -2.05. The molecule has 28 heavy (non-hydrogen) atoms. The number of aromatic nitrogens is 2. The lowest BCUT2D eigenvalue weighted by atomic mass is 10.1. The molecule has 0 saturated carbocycles. The monoisotopic (exact) mass is 398 g/mol. The second-order valence-corrected chi connectivity index (χ2v) is 7.01. The number of aryl methyl sites for hydroxylation is 1. The fraction of sp³-hybridized carbons (Fsp3) is 0.150. The Morgan fingerprint density at radius 3 is 2.82 bits per heavy atom. The van der Waals surface area contributed by atoms with Crippen LogP contribution in [-0.4, -0.2) is 23.2 Å². The molecule has 2 heterocycles. The number of thiophene rings is 1. The van der Waals surface area contributed by atoms with Crippen molar-refractivity contribution in [3.8, 4) is 17.1 Å². The number of halogens is 1. The average molecular weight is 398 g/mol. The van der Waals surface area contributed by atoms with Gasteiger partial charge in [0.15, 0.2) is 6.61 Å². The van der Waals surface area contributed by atoms with Crippen molar-refractivity contribution in [3.05, 3.63) is 64.6 Å². The number of benzene rings is 2. The van der Waals surface area contributed by atoms with Gasteiger partial charge in [-0.05, 0) is 36.8 Å². The normalized spacial score (nSPS) is 11.0. The van der Waals surface area contributed by atoms with E-state index in [1.165, 1.54) is 17.4 Å². The molecule has 0 spiro atoms. The van der Waals surface area contributed by atoms with Crippen LogP contribution in [0, 0.1) is 12.7 Å². The van der Waals surface area contributed by atoms with Crippen LogP contribution in [0.1, 0.15) is 21.1 Å². The molecule has 142 valence electrons. The summed E-state index contributed by atoms with van der Waals surface area (Å²) in [5, 5.41) is 4.35. The highest BCUT2D eigenvalue weighted by molar-refractivity contribution is 7.21. The highest BCUT2D eigenvalue weighted by Crippen LogP contribution is 2.33. The first-order valence-corrected chi connectivity index (χ1v) is 9.21. The number of rotatable bonds is 5. The first kappa shape index (κ1) is 18.1. The molecule has 2 aromatic carbocycles. The van der Waals surface area contributed by atoms with Crippen molar-refractivity contribution in [3.63, 3.8) is 0 Å². The fourth-order valence-electron chi connectivity index (χ4n) is 2.89. The molecule has 0 aliphatic rings. The number of nitrogens with zero attached hydrogens (tertiary/aromatic N) is 2. The molecular formula is C20H15FN2O4S. The molecule has 4 rings (SSSR count). The van der Waals surface area contributed by atoms with E-state index < -0.39 is 5.97 Å². The predicted octanol–water partition coefficient (Wildman–Crippen LogP) is 4.76. The summed E-state index contributed by atoms with van der Waals surface area (Å²) in [7, 11) is 1.55. The van der Waals surface area contributed by atoms with Crippen molar-refractivity contribution in [2.45, 2.75) is 13.5 Å². The summed E-state index contributed by atoms with van der Waals surface area (Å²) in [4.78, 5) is 17.0. The molecule has 0 atom stereocenters. The minimum Gasteiger partial charge on any atom is -0.496 e. The van der Waals surface area contributed by atoms with E-state index in [2.05, 4.69) is 10.1 Å². The Labute approximate surface area is 163 Å². The fourth-order valence-corrected chi connectivity index (χ4v) is 4.01. The summed E-state index contributed by atoms with van der Waals surface area (Å²) in [6.45, 7) is 1.52. The number of carbonyl (C=O) groups is 1. The number of methoxy groups -OCH3 is 1. The standard InChI is InChI=1S/C20H15FN2O4S/c1-11-17-13(21)7-5-9-15(17)28-18(11)20(24)26-10-16-22-19(23-27-16)12-6-3-4-8-14(12)25-2/h3-9H,10H2,1-2H3. The average Bonchev–Trinajstić information content (AvgIpc) is 3.31. The van der Waals surface area contributed by atoms with Gasteiger partial charge in [-0.2, -0.15) is 4.98 Å². The van der Waals surface area contributed by atoms with Gasteiger partial charge in [-0.3, -0.25) is 0 Å². The lowest BCUT2D eigenvalue weighted by molar-refractivity contribution is 0.0435. The highest BCUT2D eigenvalue weighted by atomic mass is 32.1. The van der Waals surface area contributed by atoms with Crippen molar-refractivity contribution in [1.29, 1.82) is 0 Å². The summed E-state index contributed by atoms with van der Waals surface area (Å²) >= 11 is 1.19. The van der Waals surface area contributed by atoms with E-state index in [9.17, 15) is 9.18 Å². The van der Waals surface area contributed by atoms with E-state index in [0.29, 0.717) is 37.7 Å². The minimum atomic E-state index is -0.560. The van der Waals surface area contributed by atoms with Crippen molar-refractivity contribution >= 4 is 27.4 Å². The van der Waals surface area contributed by atoms with Crippen LogP contribution in [0.25, 0.3) is 21.5 Å². The molecule has 2 aromatic heterocycles. The number of carbonyl (C=O) groups excluding carboxylic acids is 1. The van der Waals surface area contributed by atoms with Gasteiger partial charge in [-0.15, -0.1) is 11.3 Å².